The Balaban J connectivity index is 1.94. The van der Waals surface area contributed by atoms with Crippen LogP contribution in [-0.2, 0) is 0 Å². The highest BCUT2D eigenvalue weighted by Crippen LogP contribution is 2.25. The van der Waals surface area contributed by atoms with Gasteiger partial charge in [-0.3, -0.25) is 9.36 Å². The first-order valence-electron chi connectivity index (χ1n) is 8.44. The molecule has 0 aliphatic rings. The standard InChI is InChI=1S/C21H13ClN4O/c22-15-10-12-16(13-11-15)25-19(14-6-2-1-3-7-14)24-26-20(27)17-8-4-5-9-18(17)23-21(25)26/h1-13H. The fourth-order valence-corrected chi connectivity index (χ4v) is 3.31. The molecule has 0 aliphatic carbocycles. The Morgan fingerprint density at radius 1 is 0.815 bits per heavy atom. The van der Waals surface area contributed by atoms with E-state index in [0.29, 0.717) is 27.5 Å². The molecule has 0 bridgehead atoms. The van der Waals surface area contributed by atoms with E-state index in [9.17, 15) is 4.79 Å². The van der Waals surface area contributed by atoms with E-state index < -0.39 is 0 Å². The van der Waals surface area contributed by atoms with Crippen LogP contribution in [0.15, 0.2) is 83.7 Å². The SMILES string of the molecule is O=c1c2ccccc2nc2n(-c3ccc(Cl)cc3)c(-c3ccccc3)nn12. The van der Waals surface area contributed by atoms with Crippen molar-refractivity contribution in [2.75, 3.05) is 0 Å². The van der Waals surface area contributed by atoms with Crippen LogP contribution in [0.3, 0.4) is 0 Å². The van der Waals surface area contributed by atoms with Crippen LogP contribution in [-0.4, -0.2) is 19.2 Å². The van der Waals surface area contributed by atoms with Gasteiger partial charge in [-0.2, -0.15) is 4.52 Å². The Hall–Kier alpha value is -3.44. The van der Waals surface area contributed by atoms with Gasteiger partial charge in [0.25, 0.3) is 5.56 Å². The fraction of sp³-hybridized carbons (Fsp3) is 0. The lowest BCUT2D eigenvalue weighted by Gasteiger charge is -2.08. The van der Waals surface area contributed by atoms with E-state index in [0.717, 1.165) is 11.3 Å². The van der Waals surface area contributed by atoms with Crippen molar-refractivity contribution >= 4 is 28.3 Å². The van der Waals surface area contributed by atoms with Crippen LogP contribution in [0.2, 0.25) is 5.02 Å². The highest BCUT2D eigenvalue weighted by atomic mass is 35.5. The molecule has 0 N–H and O–H groups in total. The Morgan fingerprint density at radius 2 is 1.52 bits per heavy atom. The fourth-order valence-electron chi connectivity index (χ4n) is 3.18. The summed E-state index contributed by atoms with van der Waals surface area (Å²) in [6.07, 6.45) is 0. The number of hydrogen-bond donors (Lipinski definition) is 0. The summed E-state index contributed by atoms with van der Waals surface area (Å²) in [6.45, 7) is 0. The Bertz CT molecular complexity index is 1340. The molecule has 0 spiro atoms. The first kappa shape index (κ1) is 15.8. The molecular formula is C21H13ClN4O. The predicted octanol–water partition coefficient (Wildman–Crippen LogP) is 4.35. The van der Waals surface area contributed by atoms with Crippen LogP contribution in [0.4, 0.5) is 0 Å². The van der Waals surface area contributed by atoms with Crippen molar-refractivity contribution in [3.05, 3.63) is 94.2 Å². The maximum atomic E-state index is 13.0. The molecule has 130 valence electrons. The predicted molar refractivity (Wildman–Crippen MR) is 107 cm³/mol. The Labute approximate surface area is 159 Å². The van der Waals surface area contributed by atoms with Gasteiger partial charge >= 0.3 is 0 Å². The summed E-state index contributed by atoms with van der Waals surface area (Å²) in [5, 5.41) is 5.78. The smallest absolute Gasteiger partial charge is 0.267 e. The van der Waals surface area contributed by atoms with Gasteiger partial charge in [0.15, 0.2) is 5.82 Å². The lowest BCUT2D eigenvalue weighted by Crippen LogP contribution is -2.16. The van der Waals surface area contributed by atoms with E-state index in [1.165, 1.54) is 4.52 Å². The lowest BCUT2D eigenvalue weighted by atomic mass is 10.2. The van der Waals surface area contributed by atoms with Crippen molar-refractivity contribution in [3.8, 4) is 17.1 Å². The second-order valence-electron chi connectivity index (χ2n) is 6.15. The number of halogens is 1. The first-order chi connectivity index (χ1) is 13.2. The molecule has 3 aromatic carbocycles. The molecule has 0 atom stereocenters. The summed E-state index contributed by atoms with van der Waals surface area (Å²) in [5.41, 5.74) is 2.16. The van der Waals surface area contributed by atoms with Gasteiger partial charge in [0.05, 0.1) is 16.6 Å². The molecule has 5 rings (SSSR count). The molecule has 5 aromatic rings. The topological polar surface area (TPSA) is 52.2 Å². The minimum Gasteiger partial charge on any atom is -0.267 e. The van der Waals surface area contributed by atoms with Gasteiger partial charge in [0.1, 0.15) is 0 Å². The molecule has 0 saturated carbocycles. The van der Waals surface area contributed by atoms with Crippen molar-refractivity contribution in [2.45, 2.75) is 0 Å². The molecule has 6 heteroatoms. The van der Waals surface area contributed by atoms with E-state index in [4.69, 9.17) is 16.6 Å². The first-order valence-corrected chi connectivity index (χ1v) is 8.82. The third-order valence-corrected chi connectivity index (χ3v) is 4.71. The van der Waals surface area contributed by atoms with Crippen LogP contribution in [0.1, 0.15) is 0 Å². The van der Waals surface area contributed by atoms with E-state index in [1.54, 1.807) is 18.2 Å². The largest absolute Gasteiger partial charge is 0.283 e. The minimum atomic E-state index is -0.194. The van der Waals surface area contributed by atoms with Gasteiger partial charge < -0.3 is 0 Å². The average molecular weight is 373 g/mol. The number of nitrogens with zero attached hydrogens (tertiary/aromatic N) is 4. The second kappa shape index (κ2) is 6.07. The number of fused-ring (bicyclic) bond motifs is 2. The zero-order chi connectivity index (χ0) is 18.4. The number of para-hydroxylation sites is 1. The zero-order valence-corrected chi connectivity index (χ0v) is 14.8. The summed E-state index contributed by atoms with van der Waals surface area (Å²) in [7, 11) is 0. The van der Waals surface area contributed by atoms with Gasteiger partial charge in [-0.15, -0.1) is 5.10 Å². The molecule has 0 aliphatic heterocycles. The maximum Gasteiger partial charge on any atom is 0.283 e. The number of benzene rings is 3. The maximum absolute atomic E-state index is 13.0. The molecule has 0 saturated heterocycles. The summed E-state index contributed by atoms with van der Waals surface area (Å²) >= 11 is 6.06. The van der Waals surface area contributed by atoms with E-state index >= 15 is 0 Å². The van der Waals surface area contributed by atoms with Gasteiger partial charge in [-0.25, -0.2) is 4.98 Å². The number of hydrogen-bond acceptors (Lipinski definition) is 3. The van der Waals surface area contributed by atoms with Gasteiger partial charge in [0, 0.05) is 10.6 Å². The second-order valence-corrected chi connectivity index (χ2v) is 6.58. The molecule has 2 heterocycles. The van der Waals surface area contributed by atoms with Crippen molar-refractivity contribution < 1.29 is 0 Å². The minimum absolute atomic E-state index is 0.194. The van der Waals surface area contributed by atoms with E-state index in [2.05, 4.69) is 5.10 Å². The molecule has 2 aromatic heterocycles. The molecule has 0 unspecified atom stereocenters. The van der Waals surface area contributed by atoms with Gasteiger partial charge in [-0.05, 0) is 36.4 Å². The van der Waals surface area contributed by atoms with Gasteiger partial charge in [-0.1, -0.05) is 54.1 Å². The average Bonchev–Trinajstić information content (AvgIpc) is 3.09. The van der Waals surface area contributed by atoms with Gasteiger partial charge in [0.2, 0.25) is 5.78 Å². The van der Waals surface area contributed by atoms with Crippen LogP contribution >= 0.6 is 11.6 Å². The summed E-state index contributed by atoms with van der Waals surface area (Å²) < 4.78 is 3.23. The number of aromatic nitrogens is 4. The summed E-state index contributed by atoms with van der Waals surface area (Å²) in [4.78, 5) is 17.7. The van der Waals surface area contributed by atoms with E-state index in [-0.39, 0.29) is 5.56 Å². The van der Waals surface area contributed by atoms with Crippen molar-refractivity contribution in [1.29, 1.82) is 0 Å². The third-order valence-electron chi connectivity index (χ3n) is 4.46. The van der Waals surface area contributed by atoms with Crippen molar-refractivity contribution in [3.63, 3.8) is 0 Å². The van der Waals surface area contributed by atoms with Crippen molar-refractivity contribution in [1.82, 2.24) is 19.2 Å². The van der Waals surface area contributed by atoms with Crippen LogP contribution in [0.25, 0.3) is 33.8 Å². The normalized spacial score (nSPS) is 11.3. The molecule has 5 nitrogen and oxygen atoms in total. The Morgan fingerprint density at radius 3 is 2.30 bits per heavy atom. The molecule has 0 amide bonds. The molecule has 0 fully saturated rings. The Kier molecular flexibility index (Phi) is 3.55. The molecule has 27 heavy (non-hydrogen) atoms. The quantitative estimate of drug-likeness (QED) is 0.463. The van der Waals surface area contributed by atoms with Crippen LogP contribution in [0.5, 0.6) is 0 Å². The lowest BCUT2D eigenvalue weighted by molar-refractivity contribution is 0.917. The van der Waals surface area contributed by atoms with Crippen LogP contribution in [0, 0.1) is 0 Å². The van der Waals surface area contributed by atoms with Crippen LogP contribution < -0.4 is 5.56 Å². The third kappa shape index (κ3) is 2.52. The summed E-state index contributed by atoms with van der Waals surface area (Å²) in [5.74, 6) is 1.10. The summed E-state index contributed by atoms with van der Waals surface area (Å²) in [6, 6.07) is 24.4. The zero-order valence-electron chi connectivity index (χ0n) is 14.1. The van der Waals surface area contributed by atoms with E-state index in [1.807, 2.05) is 65.2 Å². The molecule has 0 radical (unpaired) electrons. The van der Waals surface area contributed by atoms with Crippen molar-refractivity contribution in [2.24, 2.45) is 0 Å². The highest BCUT2D eigenvalue weighted by molar-refractivity contribution is 6.30. The highest BCUT2D eigenvalue weighted by Gasteiger charge is 2.18. The number of rotatable bonds is 2. The monoisotopic (exact) mass is 372 g/mol. The molecular weight excluding hydrogens is 360 g/mol.